The van der Waals surface area contributed by atoms with Crippen molar-refractivity contribution in [2.75, 3.05) is 18.1 Å². The minimum atomic E-state index is -0.593. The van der Waals surface area contributed by atoms with E-state index < -0.39 is 5.97 Å². The van der Waals surface area contributed by atoms with Crippen LogP contribution in [0.3, 0.4) is 0 Å². The monoisotopic (exact) mass is 403 g/mol. The Bertz CT molecular complexity index is 1160. The number of carbonyl (C=O) groups is 3. The highest BCUT2D eigenvalue weighted by Crippen LogP contribution is 2.22. The molecule has 152 valence electrons. The van der Waals surface area contributed by atoms with Crippen molar-refractivity contribution in [1.29, 1.82) is 0 Å². The second kappa shape index (κ2) is 8.02. The summed E-state index contributed by atoms with van der Waals surface area (Å²) in [4.78, 5) is 47.2. The predicted octanol–water partition coefficient (Wildman–Crippen LogP) is 3.41. The zero-order valence-corrected chi connectivity index (χ0v) is 16.8. The number of hydrogen-bond donors (Lipinski definition) is 0. The van der Waals surface area contributed by atoms with E-state index >= 15 is 0 Å². The molecule has 0 bridgehead atoms. The minimum absolute atomic E-state index is 0.0911. The maximum atomic E-state index is 12.4. The van der Waals surface area contributed by atoms with Crippen LogP contribution in [0.25, 0.3) is 11.0 Å². The summed E-state index contributed by atoms with van der Waals surface area (Å²) < 4.78 is 5.19. The SMILES string of the molecule is Cc1nc2ccc(C(=O)OCC(=O)c3ccc(N4CCCC4=O)cc3)cc2nc1C. The van der Waals surface area contributed by atoms with E-state index in [1.165, 1.54) is 0 Å². The van der Waals surface area contributed by atoms with Gasteiger partial charge < -0.3 is 9.64 Å². The summed E-state index contributed by atoms with van der Waals surface area (Å²) in [5.74, 6) is -0.812. The third-order valence-electron chi connectivity index (χ3n) is 5.22. The zero-order valence-electron chi connectivity index (χ0n) is 16.8. The van der Waals surface area contributed by atoms with Crippen LogP contribution in [0, 0.1) is 13.8 Å². The molecule has 0 spiro atoms. The second-order valence-electron chi connectivity index (χ2n) is 7.29. The number of benzene rings is 2. The summed E-state index contributed by atoms with van der Waals surface area (Å²) in [6, 6.07) is 11.7. The van der Waals surface area contributed by atoms with Gasteiger partial charge >= 0.3 is 5.97 Å². The molecular formula is C23H21N3O4. The predicted molar refractivity (Wildman–Crippen MR) is 112 cm³/mol. The molecule has 1 aliphatic rings. The number of ketones is 1. The van der Waals surface area contributed by atoms with Crippen molar-refractivity contribution in [3.05, 3.63) is 65.0 Å². The van der Waals surface area contributed by atoms with Gasteiger partial charge in [-0.2, -0.15) is 0 Å². The van der Waals surface area contributed by atoms with Crippen LogP contribution >= 0.6 is 0 Å². The van der Waals surface area contributed by atoms with Crippen LogP contribution in [0.15, 0.2) is 42.5 Å². The van der Waals surface area contributed by atoms with Gasteiger partial charge in [0.2, 0.25) is 5.91 Å². The number of aromatic nitrogens is 2. The van der Waals surface area contributed by atoms with E-state index in [1.807, 2.05) is 13.8 Å². The summed E-state index contributed by atoms with van der Waals surface area (Å²) in [6.45, 7) is 4.07. The van der Waals surface area contributed by atoms with Crippen LogP contribution in [0.4, 0.5) is 5.69 Å². The number of amides is 1. The normalized spacial score (nSPS) is 13.7. The molecule has 0 radical (unpaired) electrons. The Kier molecular flexibility index (Phi) is 5.27. The molecule has 2 aromatic carbocycles. The molecule has 30 heavy (non-hydrogen) atoms. The van der Waals surface area contributed by atoms with Gasteiger partial charge in [0.05, 0.1) is 28.0 Å². The van der Waals surface area contributed by atoms with Crippen molar-refractivity contribution < 1.29 is 19.1 Å². The van der Waals surface area contributed by atoms with E-state index in [9.17, 15) is 14.4 Å². The summed E-state index contributed by atoms with van der Waals surface area (Å²) in [5.41, 5.74) is 4.44. The number of anilines is 1. The third-order valence-corrected chi connectivity index (χ3v) is 5.22. The molecule has 0 atom stereocenters. The molecule has 4 rings (SSSR count). The molecule has 7 heteroatoms. The number of Topliss-reactive ketones (excluding diaryl/α,β-unsaturated/α-hetero) is 1. The third kappa shape index (κ3) is 3.91. The second-order valence-corrected chi connectivity index (χ2v) is 7.29. The molecule has 1 aromatic heterocycles. The lowest BCUT2D eigenvalue weighted by molar-refractivity contribution is -0.117. The van der Waals surface area contributed by atoms with Crippen LogP contribution in [0.5, 0.6) is 0 Å². The summed E-state index contributed by atoms with van der Waals surface area (Å²) in [5, 5.41) is 0. The molecule has 1 amide bonds. The number of carbonyl (C=O) groups excluding carboxylic acids is 3. The molecule has 0 N–H and O–H groups in total. The van der Waals surface area contributed by atoms with Gasteiger partial charge in [0.1, 0.15) is 0 Å². The Balaban J connectivity index is 1.41. The fraction of sp³-hybridized carbons (Fsp3) is 0.261. The van der Waals surface area contributed by atoms with Gasteiger partial charge in [0, 0.05) is 24.2 Å². The van der Waals surface area contributed by atoms with Crippen LogP contribution in [-0.2, 0) is 9.53 Å². The van der Waals surface area contributed by atoms with E-state index in [1.54, 1.807) is 47.4 Å². The maximum absolute atomic E-state index is 12.4. The van der Waals surface area contributed by atoms with Crippen LogP contribution in [-0.4, -0.2) is 40.8 Å². The Morgan fingerprint density at radius 1 is 0.967 bits per heavy atom. The van der Waals surface area contributed by atoms with Gasteiger partial charge in [0.15, 0.2) is 12.4 Å². The van der Waals surface area contributed by atoms with E-state index in [2.05, 4.69) is 9.97 Å². The Morgan fingerprint density at radius 2 is 1.63 bits per heavy atom. The molecular weight excluding hydrogens is 382 g/mol. The van der Waals surface area contributed by atoms with Crippen molar-refractivity contribution in [3.63, 3.8) is 0 Å². The first-order chi connectivity index (χ1) is 14.4. The van der Waals surface area contributed by atoms with Gasteiger partial charge in [-0.3, -0.25) is 9.59 Å². The highest BCUT2D eigenvalue weighted by Gasteiger charge is 2.22. The Hall–Kier alpha value is -3.61. The molecule has 1 saturated heterocycles. The molecule has 0 saturated carbocycles. The number of ether oxygens (including phenoxy) is 1. The molecule has 2 heterocycles. The van der Waals surface area contributed by atoms with Crippen molar-refractivity contribution in [2.24, 2.45) is 0 Å². The topological polar surface area (TPSA) is 89.5 Å². The van der Waals surface area contributed by atoms with E-state index in [-0.39, 0.29) is 18.3 Å². The lowest BCUT2D eigenvalue weighted by Crippen LogP contribution is -2.23. The summed E-state index contributed by atoms with van der Waals surface area (Å²) in [7, 11) is 0. The smallest absolute Gasteiger partial charge is 0.338 e. The van der Waals surface area contributed by atoms with Crippen LogP contribution < -0.4 is 4.90 Å². The molecule has 0 unspecified atom stereocenters. The lowest BCUT2D eigenvalue weighted by Gasteiger charge is -2.15. The van der Waals surface area contributed by atoms with Crippen molar-refractivity contribution >= 4 is 34.4 Å². The Labute approximate surface area is 173 Å². The first-order valence-corrected chi connectivity index (χ1v) is 9.78. The highest BCUT2D eigenvalue weighted by molar-refractivity contribution is 6.01. The largest absolute Gasteiger partial charge is 0.454 e. The summed E-state index contributed by atoms with van der Waals surface area (Å²) >= 11 is 0. The fourth-order valence-electron chi connectivity index (χ4n) is 3.40. The van der Waals surface area contributed by atoms with Crippen molar-refractivity contribution in [1.82, 2.24) is 9.97 Å². The average Bonchev–Trinajstić information content (AvgIpc) is 3.18. The number of hydrogen-bond acceptors (Lipinski definition) is 6. The van der Waals surface area contributed by atoms with Gasteiger partial charge in [-0.15, -0.1) is 0 Å². The average molecular weight is 403 g/mol. The standard InChI is InChI=1S/C23H21N3O4/c1-14-15(2)25-20-12-17(7-10-19(20)24-14)23(29)30-13-21(27)16-5-8-18(9-6-16)26-11-3-4-22(26)28/h5-10,12H,3-4,11,13H2,1-2H3. The van der Waals surface area contributed by atoms with E-state index in [0.717, 1.165) is 23.5 Å². The van der Waals surface area contributed by atoms with Crippen molar-refractivity contribution in [2.45, 2.75) is 26.7 Å². The van der Waals surface area contributed by atoms with E-state index in [0.29, 0.717) is 35.1 Å². The number of rotatable bonds is 5. The molecule has 0 aliphatic carbocycles. The zero-order chi connectivity index (χ0) is 21.3. The van der Waals surface area contributed by atoms with E-state index in [4.69, 9.17) is 4.74 Å². The lowest BCUT2D eigenvalue weighted by atomic mass is 10.1. The number of fused-ring (bicyclic) bond motifs is 1. The number of esters is 1. The molecule has 1 aliphatic heterocycles. The molecule has 1 fully saturated rings. The number of aryl methyl sites for hydroxylation is 2. The van der Waals surface area contributed by atoms with Gasteiger partial charge in [-0.05, 0) is 62.7 Å². The van der Waals surface area contributed by atoms with Gasteiger partial charge in [-0.25, -0.2) is 14.8 Å². The Morgan fingerprint density at radius 3 is 2.30 bits per heavy atom. The first-order valence-electron chi connectivity index (χ1n) is 9.78. The van der Waals surface area contributed by atoms with Gasteiger partial charge in [0.25, 0.3) is 0 Å². The minimum Gasteiger partial charge on any atom is -0.454 e. The van der Waals surface area contributed by atoms with Gasteiger partial charge in [-0.1, -0.05) is 0 Å². The fourth-order valence-corrected chi connectivity index (χ4v) is 3.40. The first kappa shape index (κ1) is 19.7. The van der Waals surface area contributed by atoms with Crippen molar-refractivity contribution in [3.8, 4) is 0 Å². The molecule has 3 aromatic rings. The van der Waals surface area contributed by atoms with Crippen LogP contribution in [0.2, 0.25) is 0 Å². The van der Waals surface area contributed by atoms with Crippen LogP contribution in [0.1, 0.15) is 44.9 Å². The summed E-state index contributed by atoms with van der Waals surface area (Å²) in [6.07, 6.45) is 1.39. The molecule has 7 nitrogen and oxygen atoms in total. The number of nitrogens with zero attached hydrogens (tertiary/aromatic N) is 3. The highest BCUT2D eigenvalue weighted by atomic mass is 16.5. The maximum Gasteiger partial charge on any atom is 0.338 e. The quantitative estimate of drug-likeness (QED) is 0.479.